The highest BCUT2D eigenvalue weighted by atomic mass is 16.5. The molecule has 86 valence electrons. The van der Waals surface area contributed by atoms with Crippen LogP contribution in [0.25, 0.3) is 10.9 Å². The number of nitrogens with two attached hydrogens (primary N) is 1. The zero-order valence-corrected chi connectivity index (χ0v) is 9.84. The molecule has 0 amide bonds. The van der Waals surface area contributed by atoms with Crippen molar-refractivity contribution in [2.24, 2.45) is 5.73 Å². The Hall–Kier alpha value is -1.48. The van der Waals surface area contributed by atoms with E-state index in [1.807, 2.05) is 12.1 Å². The van der Waals surface area contributed by atoms with Gasteiger partial charge in [0.25, 0.3) is 0 Å². The summed E-state index contributed by atoms with van der Waals surface area (Å²) in [4.78, 5) is 3.44. The average molecular weight is 218 g/mol. The molecule has 2 aromatic rings. The van der Waals surface area contributed by atoms with Crippen molar-refractivity contribution in [3.8, 4) is 5.75 Å². The maximum Gasteiger partial charge on any atom is 0.120 e. The number of methoxy groups -OCH3 is 1. The highest BCUT2D eigenvalue weighted by Gasteiger charge is 2.07. The molecule has 0 saturated carbocycles. The van der Waals surface area contributed by atoms with Gasteiger partial charge in [0.05, 0.1) is 7.11 Å². The van der Waals surface area contributed by atoms with Gasteiger partial charge in [-0.3, -0.25) is 0 Å². The summed E-state index contributed by atoms with van der Waals surface area (Å²) in [6.45, 7) is 2.88. The van der Waals surface area contributed by atoms with Gasteiger partial charge < -0.3 is 15.5 Å². The normalized spacial score (nSPS) is 10.9. The summed E-state index contributed by atoms with van der Waals surface area (Å²) in [6.07, 6.45) is 2.03. The Morgan fingerprint density at radius 1 is 1.38 bits per heavy atom. The molecule has 0 aliphatic carbocycles. The molecule has 1 aromatic carbocycles. The molecule has 0 atom stereocenters. The Balaban J connectivity index is 2.41. The molecule has 0 saturated heterocycles. The quantitative estimate of drug-likeness (QED) is 0.827. The van der Waals surface area contributed by atoms with Crippen molar-refractivity contribution in [3.05, 3.63) is 29.5 Å². The Labute approximate surface area is 95.6 Å². The molecule has 3 heteroatoms. The second-order valence-corrected chi connectivity index (χ2v) is 4.03. The van der Waals surface area contributed by atoms with Gasteiger partial charge in [0.2, 0.25) is 0 Å². The first kappa shape index (κ1) is 11.0. The number of aromatic nitrogens is 1. The molecular weight excluding hydrogens is 200 g/mol. The SMILES string of the molecule is COc1ccc2c(C)c(CCCN)[nH]c2c1. The van der Waals surface area contributed by atoms with Crippen LogP contribution in [0.2, 0.25) is 0 Å². The highest BCUT2D eigenvalue weighted by Crippen LogP contribution is 2.26. The number of ether oxygens (including phenoxy) is 1. The van der Waals surface area contributed by atoms with Crippen LogP contribution in [0.15, 0.2) is 18.2 Å². The summed E-state index contributed by atoms with van der Waals surface area (Å²) < 4.78 is 5.21. The molecule has 1 heterocycles. The third kappa shape index (κ3) is 1.91. The van der Waals surface area contributed by atoms with E-state index in [0.29, 0.717) is 0 Å². The number of rotatable bonds is 4. The lowest BCUT2D eigenvalue weighted by molar-refractivity contribution is 0.415. The maximum atomic E-state index is 5.53. The molecule has 0 radical (unpaired) electrons. The molecule has 1 aromatic heterocycles. The van der Waals surface area contributed by atoms with Crippen molar-refractivity contribution in [1.29, 1.82) is 0 Å². The molecule has 0 bridgehead atoms. The molecule has 3 N–H and O–H groups in total. The number of fused-ring (bicyclic) bond motifs is 1. The van der Waals surface area contributed by atoms with E-state index >= 15 is 0 Å². The first-order valence-corrected chi connectivity index (χ1v) is 5.61. The Kier molecular flexibility index (Phi) is 3.15. The summed E-state index contributed by atoms with van der Waals surface area (Å²) in [7, 11) is 1.69. The van der Waals surface area contributed by atoms with E-state index in [9.17, 15) is 0 Å². The summed E-state index contributed by atoms with van der Waals surface area (Å²) in [5.41, 5.74) is 9.29. The zero-order valence-electron chi connectivity index (χ0n) is 9.84. The summed E-state index contributed by atoms with van der Waals surface area (Å²) in [6, 6.07) is 6.14. The number of hydrogen-bond acceptors (Lipinski definition) is 2. The van der Waals surface area contributed by atoms with E-state index in [1.165, 1.54) is 16.6 Å². The summed E-state index contributed by atoms with van der Waals surface area (Å²) >= 11 is 0. The minimum atomic E-state index is 0.734. The van der Waals surface area contributed by atoms with Crippen LogP contribution < -0.4 is 10.5 Å². The first-order valence-electron chi connectivity index (χ1n) is 5.61. The van der Waals surface area contributed by atoms with Crippen LogP contribution in [0.4, 0.5) is 0 Å². The molecule has 0 spiro atoms. The van der Waals surface area contributed by atoms with E-state index in [1.54, 1.807) is 7.11 Å². The van der Waals surface area contributed by atoms with E-state index in [-0.39, 0.29) is 0 Å². The topological polar surface area (TPSA) is 51.0 Å². The zero-order chi connectivity index (χ0) is 11.5. The fourth-order valence-electron chi connectivity index (χ4n) is 2.03. The fourth-order valence-corrected chi connectivity index (χ4v) is 2.03. The molecule has 16 heavy (non-hydrogen) atoms. The molecule has 0 aliphatic rings. The largest absolute Gasteiger partial charge is 0.497 e. The first-order chi connectivity index (χ1) is 7.76. The monoisotopic (exact) mass is 218 g/mol. The van der Waals surface area contributed by atoms with Crippen molar-refractivity contribution in [2.45, 2.75) is 19.8 Å². The molecule has 2 rings (SSSR count). The second kappa shape index (κ2) is 4.58. The van der Waals surface area contributed by atoms with Crippen LogP contribution in [0.1, 0.15) is 17.7 Å². The van der Waals surface area contributed by atoms with E-state index < -0.39 is 0 Å². The smallest absolute Gasteiger partial charge is 0.120 e. The van der Waals surface area contributed by atoms with Gasteiger partial charge in [0.15, 0.2) is 0 Å². The van der Waals surface area contributed by atoms with Gasteiger partial charge in [-0.05, 0) is 44.0 Å². The Morgan fingerprint density at radius 3 is 2.88 bits per heavy atom. The summed E-state index contributed by atoms with van der Waals surface area (Å²) in [5, 5.41) is 1.27. The number of H-pyrrole nitrogens is 1. The van der Waals surface area contributed by atoms with Gasteiger partial charge in [0, 0.05) is 22.7 Å². The van der Waals surface area contributed by atoms with E-state index in [2.05, 4.69) is 18.0 Å². The third-order valence-corrected chi connectivity index (χ3v) is 3.00. The lowest BCUT2D eigenvalue weighted by atomic mass is 10.1. The minimum Gasteiger partial charge on any atom is -0.497 e. The third-order valence-electron chi connectivity index (χ3n) is 3.00. The maximum absolute atomic E-state index is 5.53. The number of aryl methyl sites for hydroxylation is 2. The molecule has 0 aliphatic heterocycles. The number of benzene rings is 1. The molecule has 0 unspecified atom stereocenters. The number of nitrogens with one attached hydrogen (secondary N) is 1. The van der Waals surface area contributed by atoms with Gasteiger partial charge in [-0.25, -0.2) is 0 Å². The minimum absolute atomic E-state index is 0.734. The van der Waals surface area contributed by atoms with E-state index in [4.69, 9.17) is 10.5 Å². The lowest BCUT2D eigenvalue weighted by Gasteiger charge is -1.98. The van der Waals surface area contributed by atoms with Gasteiger partial charge >= 0.3 is 0 Å². The molecule has 0 fully saturated rings. The predicted molar refractivity (Wildman–Crippen MR) is 67.0 cm³/mol. The standard InChI is InChI=1S/C13H18N2O/c1-9-11-6-5-10(16-2)8-13(11)15-12(9)4-3-7-14/h5-6,8,15H,3-4,7,14H2,1-2H3. The van der Waals surface area contributed by atoms with Crippen LogP contribution in [-0.2, 0) is 6.42 Å². The van der Waals surface area contributed by atoms with Gasteiger partial charge in [-0.15, -0.1) is 0 Å². The highest BCUT2D eigenvalue weighted by molar-refractivity contribution is 5.85. The van der Waals surface area contributed by atoms with Gasteiger partial charge in [0.1, 0.15) is 5.75 Å². The number of aromatic amines is 1. The average Bonchev–Trinajstić information content (AvgIpc) is 2.63. The number of hydrogen-bond donors (Lipinski definition) is 2. The lowest BCUT2D eigenvalue weighted by Crippen LogP contribution is -2.01. The van der Waals surface area contributed by atoms with Crippen molar-refractivity contribution >= 4 is 10.9 Å². The van der Waals surface area contributed by atoms with Crippen molar-refractivity contribution in [1.82, 2.24) is 4.98 Å². The van der Waals surface area contributed by atoms with Crippen LogP contribution in [0.3, 0.4) is 0 Å². The fraction of sp³-hybridized carbons (Fsp3) is 0.385. The van der Waals surface area contributed by atoms with Gasteiger partial charge in [-0.1, -0.05) is 0 Å². The van der Waals surface area contributed by atoms with Crippen LogP contribution in [0.5, 0.6) is 5.75 Å². The van der Waals surface area contributed by atoms with Crippen LogP contribution in [0, 0.1) is 6.92 Å². The second-order valence-electron chi connectivity index (χ2n) is 4.03. The predicted octanol–water partition coefficient (Wildman–Crippen LogP) is 2.38. The van der Waals surface area contributed by atoms with Crippen molar-refractivity contribution < 1.29 is 4.74 Å². The Morgan fingerprint density at radius 2 is 2.19 bits per heavy atom. The summed E-state index contributed by atoms with van der Waals surface area (Å²) in [5.74, 6) is 0.888. The van der Waals surface area contributed by atoms with Crippen molar-refractivity contribution in [3.63, 3.8) is 0 Å². The van der Waals surface area contributed by atoms with Gasteiger partial charge in [-0.2, -0.15) is 0 Å². The molecular formula is C13H18N2O. The van der Waals surface area contributed by atoms with Crippen molar-refractivity contribution in [2.75, 3.05) is 13.7 Å². The van der Waals surface area contributed by atoms with Crippen LogP contribution in [-0.4, -0.2) is 18.6 Å². The van der Waals surface area contributed by atoms with Crippen LogP contribution >= 0.6 is 0 Å². The Bertz CT molecular complexity index is 488. The van der Waals surface area contributed by atoms with E-state index in [0.717, 1.165) is 30.7 Å². The molecule has 3 nitrogen and oxygen atoms in total.